The van der Waals surface area contributed by atoms with Crippen LogP contribution in [0.3, 0.4) is 0 Å². The molecular formula is C21H35N3O2. The van der Waals surface area contributed by atoms with Crippen molar-refractivity contribution in [3.8, 4) is 5.75 Å². The second-order valence-corrected chi connectivity index (χ2v) is 8.13. The fourth-order valence-corrected chi connectivity index (χ4v) is 4.58. The molecule has 2 fully saturated rings. The zero-order chi connectivity index (χ0) is 18.5. The number of phenols is 1. The van der Waals surface area contributed by atoms with Gasteiger partial charge in [-0.05, 0) is 52.3 Å². The highest BCUT2D eigenvalue weighted by atomic mass is 16.3. The summed E-state index contributed by atoms with van der Waals surface area (Å²) in [6, 6.07) is 9.32. The Morgan fingerprint density at radius 1 is 1.08 bits per heavy atom. The van der Waals surface area contributed by atoms with Crippen molar-refractivity contribution in [2.45, 2.75) is 57.8 Å². The average molecular weight is 362 g/mol. The molecule has 0 aromatic heterocycles. The van der Waals surface area contributed by atoms with Crippen LogP contribution in [0.15, 0.2) is 24.3 Å². The van der Waals surface area contributed by atoms with Crippen LogP contribution in [-0.2, 0) is 6.54 Å². The number of likely N-dealkylation sites (tertiary alicyclic amines) is 1. The summed E-state index contributed by atoms with van der Waals surface area (Å²) in [7, 11) is 0. The van der Waals surface area contributed by atoms with Gasteiger partial charge in [-0.1, -0.05) is 18.2 Å². The summed E-state index contributed by atoms with van der Waals surface area (Å²) < 4.78 is 0. The number of piperazine rings is 1. The normalized spacial score (nSPS) is 24.4. The zero-order valence-electron chi connectivity index (χ0n) is 16.3. The lowest BCUT2D eigenvalue weighted by Crippen LogP contribution is -2.58. The van der Waals surface area contributed by atoms with Crippen LogP contribution in [0.4, 0.5) is 0 Å². The Bertz CT molecular complexity index is 558. The van der Waals surface area contributed by atoms with Crippen molar-refractivity contribution < 1.29 is 10.2 Å². The summed E-state index contributed by atoms with van der Waals surface area (Å²) in [5.41, 5.74) is 0.994. The number of hydrogen-bond donors (Lipinski definition) is 2. The minimum absolute atomic E-state index is 0.246. The summed E-state index contributed by atoms with van der Waals surface area (Å²) in [4.78, 5) is 7.66. The third-order valence-corrected chi connectivity index (χ3v) is 6.16. The molecule has 2 N–H and O–H groups in total. The van der Waals surface area contributed by atoms with E-state index in [-0.39, 0.29) is 6.61 Å². The predicted octanol–water partition coefficient (Wildman–Crippen LogP) is 2.13. The van der Waals surface area contributed by atoms with E-state index in [0.29, 0.717) is 23.9 Å². The standard InChI is InChI=1S/C21H35N3O2/c1-17(2)23-10-7-19(8-11-23)24-13-12-22(16-20(24)9-14-25)15-18-5-3-4-6-21(18)26/h3-6,17,19-20,25-26H,7-16H2,1-2H3/t20-/m0/s1. The Labute approximate surface area is 158 Å². The van der Waals surface area contributed by atoms with E-state index in [0.717, 1.165) is 38.2 Å². The molecule has 1 atom stereocenters. The van der Waals surface area contributed by atoms with Gasteiger partial charge < -0.3 is 15.1 Å². The maximum absolute atomic E-state index is 10.1. The topological polar surface area (TPSA) is 50.2 Å². The molecule has 26 heavy (non-hydrogen) atoms. The second kappa shape index (κ2) is 9.18. The largest absolute Gasteiger partial charge is 0.508 e. The van der Waals surface area contributed by atoms with Gasteiger partial charge in [-0.3, -0.25) is 9.80 Å². The molecular weight excluding hydrogens is 326 g/mol. The number of aliphatic hydroxyl groups is 1. The predicted molar refractivity (Wildman–Crippen MR) is 105 cm³/mol. The van der Waals surface area contributed by atoms with Crippen LogP contribution in [0.5, 0.6) is 5.75 Å². The SMILES string of the molecule is CC(C)N1CCC(N2CCN(Cc3ccccc3O)C[C@@H]2CCO)CC1. The van der Waals surface area contributed by atoms with Gasteiger partial charge in [0, 0.05) is 56.5 Å². The number of phenolic OH excluding ortho intramolecular Hbond substituents is 1. The van der Waals surface area contributed by atoms with Crippen molar-refractivity contribution in [3.63, 3.8) is 0 Å². The molecule has 1 aromatic rings. The number of rotatable bonds is 6. The molecule has 2 aliphatic heterocycles. The van der Waals surface area contributed by atoms with E-state index in [4.69, 9.17) is 0 Å². The van der Waals surface area contributed by atoms with Crippen molar-refractivity contribution in [1.29, 1.82) is 0 Å². The van der Waals surface area contributed by atoms with E-state index >= 15 is 0 Å². The number of hydrogen-bond acceptors (Lipinski definition) is 5. The number of benzene rings is 1. The lowest BCUT2D eigenvalue weighted by Gasteiger charge is -2.48. The molecule has 2 saturated heterocycles. The van der Waals surface area contributed by atoms with Crippen LogP contribution >= 0.6 is 0 Å². The smallest absolute Gasteiger partial charge is 0.120 e. The quantitative estimate of drug-likeness (QED) is 0.813. The molecule has 146 valence electrons. The van der Waals surface area contributed by atoms with Crippen molar-refractivity contribution >= 4 is 0 Å². The summed E-state index contributed by atoms with van der Waals surface area (Å²) in [6.07, 6.45) is 3.31. The Morgan fingerprint density at radius 3 is 2.46 bits per heavy atom. The Hall–Kier alpha value is -1.14. The summed E-state index contributed by atoms with van der Waals surface area (Å²) in [5, 5.41) is 19.6. The monoisotopic (exact) mass is 361 g/mol. The lowest BCUT2D eigenvalue weighted by atomic mass is 9.97. The van der Waals surface area contributed by atoms with E-state index in [2.05, 4.69) is 28.5 Å². The van der Waals surface area contributed by atoms with E-state index in [9.17, 15) is 10.2 Å². The summed E-state index contributed by atoms with van der Waals surface area (Å²) in [6.45, 7) is 11.0. The molecule has 0 radical (unpaired) electrons. The third-order valence-electron chi connectivity index (χ3n) is 6.16. The molecule has 1 aromatic carbocycles. The van der Waals surface area contributed by atoms with Gasteiger partial charge in [-0.25, -0.2) is 0 Å². The first-order valence-corrected chi connectivity index (χ1v) is 10.2. The lowest BCUT2D eigenvalue weighted by molar-refractivity contribution is -0.000194. The highest BCUT2D eigenvalue weighted by molar-refractivity contribution is 5.31. The summed E-state index contributed by atoms with van der Waals surface area (Å²) in [5.74, 6) is 0.384. The van der Waals surface area contributed by atoms with E-state index < -0.39 is 0 Å². The van der Waals surface area contributed by atoms with Gasteiger partial charge in [0.25, 0.3) is 0 Å². The Balaban J connectivity index is 1.59. The molecule has 5 heteroatoms. The molecule has 2 heterocycles. The minimum Gasteiger partial charge on any atom is -0.508 e. The second-order valence-electron chi connectivity index (χ2n) is 8.13. The van der Waals surface area contributed by atoms with Crippen molar-refractivity contribution in [2.24, 2.45) is 0 Å². The van der Waals surface area contributed by atoms with Crippen LogP contribution in [0.1, 0.15) is 38.7 Å². The fraction of sp³-hybridized carbons (Fsp3) is 0.714. The van der Waals surface area contributed by atoms with E-state index in [1.54, 1.807) is 6.07 Å². The maximum Gasteiger partial charge on any atom is 0.120 e. The molecule has 3 rings (SSSR count). The molecule has 0 aliphatic carbocycles. The van der Waals surface area contributed by atoms with Gasteiger partial charge in [0.05, 0.1) is 0 Å². The zero-order valence-corrected chi connectivity index (χ0v) is 16.3. The molecule has 0 bridgehead atoms. The van der Waals surface area contributed by atoms with Crippen molar-refractivity contribution in [3.05, 3.63) is 29.8 Å². The molecule has 5 nitrogen and oxygen atoms in total. The highest BCUT2D eigenvalue weighted by Gasteiger charge is 2.33. The minimum atomic E-state index is 0.246. The molecule has 0 spiro atoms. The molecule has 0 amide bonds. The summed E-state index contributed by atoms with van der Waals surface area (Å²) >= 11 is 0. The van der Waals surface area contributed by atoms with Gasteiger partial charge >= 0.3 is 0 Å². The van der Waals surface area contributed by atoms with Crippen molar-refractivity contribution in [1.82, 2.24) is 14.7 Å². The number of nitrogens with zero attached hydrogens (tertiary/aromatic N) is 3. The number of piperidine rings is 1. The van der Waals surface area contributed by atoms with Crippen molar-refractivity contribution in [2.75, 3.05) is 39.3 Å². The first-order valence-electron chi connectivity index (χ1n) is 10.2. The Kier molecular flexibility index (Phi) is 6.92. The molecule has 2 aliphatic rings. The Morgan fingerprint density at radius 2 is 1.81 bits per heavy atom. The first kappa shape index (κ1) is 19.6. The van der Waals surface area contributed by atoms with Gasteiger partial charge in [0.2, 0.25) is 0 Å². The van der Waals surface area contributed by atoms with Crippen LogP contribution in [0.2, 0.25) is 0 Å². The van der Waals surface area contributed by atoms with Gasteiger partial charge in [0.1, 0.15) is 5.75 Å². The highest BCUT2D eigenvalue weighted by Crippen LogP contribution is 2.26. The van der Waals surface area contributed by atoms with Gasteiger partial charge in [0.15, 0.2) is 0 Å². The average Bonchev–Trinajstić information content (AvgIpc) is 2.64. The number of para-hydroxylation sites is 1. The third kappa shape index (κ3) is 4.77. The van der Waals surface area contributed by atoms with Crippen LogP contribution in [0, 0.1) is 0 Å². The maximum atomic E-state index is 10.1. The van der Waals surface area contributed by atoms with Gasteiger partial charge in [-0.2, -0.15) is 0 Å². The van der Waals surface area contributed by atoms with Crippen LogP contribution < -0.4 is 0 Å². The first-order chi connectivity index (χ1) is 12.6. The fourth-order valence-electron chi connectivity index (χ4n) is 4.58. The van der Waals surface area contributed by atoms with Crippen LogP contribution in [0.25, 0.3) is 0 Å². The number of aliphatic hydroxyl groups excluding tert-OH is 1. The molecule has 0 saturated carbocycles. The van der Waals surface area contributed by atoms with E-state index in [1.807, 2.05) is 18.2 Å². The van der Waals surface area contributed by atoms with E-state index in [1.165, 1.54) is 25.9 Å². The number of aromatic hydroxyl groups is 1. The van der Waals surface area contributed by atoms with Gasteiger partial charge in [-0.15, -0.1) is 0 Å². The molecule has 0 unspecified atom stereocenters. The van der Waals surface area contributed by atoms with Crippen LogP contribution in [-0.4, -0.2) is 82.4 Å².